The van der Waals surface area contributed by atoms with Gasteiger partial charge in [0, 0.05) is 24.3 Å². The third-order valence-electron chi connectivity index (χ3n) is 4.81. The molecule has 1 saturated carbocycles. The highest BCUT2D eigenvalue weighted by molar-refractivity contribution is 9.09. The van der Waals surface area contributed by atoms with Gasteiger partial charge in [0.25, 0.3) is 0 Å². The first-order valence-corrected chi connectivity index (χ1v) is 8.46. The maximum absolute atomic E-state index is 12.2. The summed E-state index contributed by atoms with van der Waals surface area (Å²) in [6.07, 6.45) is 4.05. The van der Waals surface area contributed by atoms with Crippen LogP contribution in [-0.4, -0.2) is 35.3 Å². The molecule has 2 fully saturated rings. The molecule has 3 atom stereocenters. The van der Waals surface area contributed by atoms with E-state index in [-0.39, 0.29) is 10.8 Å². The molecule has 1 heterocycles. The molecule has 1 aliphatic heterocycles. The molecule has 2 aliphatic rings. The van der Waals surface area contributed by atoms with Crippen molar-refractivity contribution in [3.05, 3.63) is 0 Å². The lowest BCUT2D eigenvalue weighted by Gasteiger charge is -2.48. The Hall–Kier alpha value is -0.0900. The first-order chi connectivity index (χ1) is 8.78. The molecule has 1 aliphatic carbocycles. The summed E-state index contributed by atoms with van der Waals surface area (Å²) in [5, 5.41) is 0.930. The first kappa shape index (κ1) is 15.3. The van der Waals surface area contributed by atoms with Gasteiger partial charge >= 0.3 is 0 Å². The van der Waals surface area contributed by atoms with Crippen molar-refractivity contribution in [3.8, 4) is 0 Å². The van der Waals surface area contributed by atoms with E-state index in [0.717, 1.165) is 37.7 Å². The molecular weight excluding hydrogens is 304 g/mol. The molecule has 3 nitrogen and oxygen atoms in total. The lowest BCUT2D eigenvalue weighted by atomic mass is 9.62. The minimum Gasteiger partial charge on any atom is -0.339 e. The Bertz CT molecular complexity index is 358. The molecule has 3 unspecified atom stereocenters. The van der Waals surface area contributed by atoms with Gasteiger partial charge in [0.1, 0.15) is 0 Å². The van der Waals surface area contributed by atoms with Gasteiger partial charge in [-0.25, -0.2) is 0 Å². The Labute approximate surface area is 125 Å². The van der Waals surface area contributed by atoms with Crippen LogP contribution >= 0.6 is 15.9 Å². The maximum atomic E-state index is 12.2. The van der Waals surface area contributed by atoms with Crippen LogP contribution in [0.4, 0.5) is 0 Å². The highest BCUT2D eigenvalue weighted by Crippen LogP contribution is 2.47. The molecule has 0 spiro atoms. The van der Waals surface area contributed by atoms with E-state index in [4.69, 9.17) is 5.73 Å². The van der Waals surface area contributed by atoms with Gasteiger partial charge in [-0.2, -0.15) is 0 Å². The van der Waals surface area contributed by atoms with Crippen LogP contribution in [0.2, 0.25) is 0 Å². The van der Waals surface area contributed by atoms with Crippen LogP contribution in [-0.2, 0) is 4.79 Å². The summed E-state index contributed by atoms with van der Waals surface area (Å²) in [6.45, 7) is 8.55. The second kappa shape index (κ2) is 5.36. The topological polar surface area (TPSA) is 46.3 Å². The summed E-state index contributed by atoms with van der Waals surface area (Å²) >= 11 is 3.51. The van der Waals surface area contributed by atoms with E-state index in [1.807, 2.05) is 0 Å². The second-order valence-corrected chi connectivity index (χ2v) is 8.34. The number of nitrogens with two attached hydrogens (primary N) is 1. The minimum atomic E-state index is 0.180. The lowest BCUT2D eigenvalue weighted by Crippen LogP contribution is -2.49. The third-order valence-corrected chi connectivity index (χ3v) is 5.73. The van der Waals surface area contributed by atoms with Gasteiger partial charge in [-0.1, -0.05) is 36.7 Å². The van der Waals surface area contributed by atoms with Crippen LogP contribution in [0.15, 0.2) is 0 Å². The number of halogens is 1. The highest BCUT2D eigenvalue weighted by atomic mass is 79.9. The Morgan fingerprint density at radius 2 is 2.05 bits per heavy atom. The molecule has 0 bridgehead atoms. The van der Waals surface area contributed by atoms with Crippen molar-refractivity contribution in [2.24, 2.45) is 22.5 Å². The molecule has 19 heavy (non-hydrogen) atoms. The van der Waals surface area contributed by atoms with Gasteiger partial charge in [0.2, 0.25) is 5.91 Å². The van der Waals surface area contributed by atoms with E-state index in [1.54, 1.807) is 0 Å². The number of amides is 1. The van der Waals surface area contributed by atoms with Gasteiger partial charge in [-0.05, 0) is 42.6 Å². The molecule has 110 valence electrons. The van der Waals surface area contributed by atoms with E-state index in [1.165, 1.54) is 0 Å². The summed E-state index contributed by atoms with van der Waals surface area (Å²) in [7, 11) is 0. The summed E-state index contributed by atoms with van der Waals surface area (Å²) in [5.41, 5.74) is 6.46. The van der Waals surface area contributed by atoms with Gasteiger partial charge in [0.05, 0.1) is 0 Å². The Kier molecular flexibility index (Phi) is 4.32. The average molecular weight is 331 g/mol. The zero-order chi connectivity index (χ0) is 14.3. The highest BCUT2D eigenvalue weighted by Gasteiger charge is 2.45. The van der Waals surface area contributed by atoms with E-state index in [2.05, 4.69) is 41.6 Å². The molecular formula is C15H27BrN2O. The van der Waals surface area contributed by atoms with Crippen molar-refractivity contribution >= 4 is 21.8 Å². The molecule has 0 aromatic heterocycles. The minimum absolute atomic E-state index is 0.180. The predicted molar refractivity (Wildman–Crippen MR) is 82.2 cm³/mol. The Morgan fingerprint density at radius 1 is 1.37 bits per heavy atom. The molecule has 4 heteroatoms. The van der Waals surface area contributed by atoms with Gasteiger partial charge < -0.3 is 10.6 Å². The van der Waals surface area contributed by atoms with Crippen molar-refractivity contribution < 1.29 is 4.79 Å². The smallest absolute Gasteiger partial charge is 0.223 e. The molecule has 1 saturated heterocycles. The fraction of sp³-hybridized carbons (Fsp3) is 0.933. The number of hydrogen-bond donors (Lipinski definition) is 1. The molecule has 2 N–H and O–H groups in total. The Balaban J connectivity index is 2.13. The van der Waals surface area contributed by atoms with Crippen molar-refractivity contribution in [3.63, 3.8) is 0 Å². The number of carbonyl (C=O) groups is 1. The van der Waals surface area contributed by atoms with Crippen LogP contribution in [0.3, 0.4) is 0 Å². The molecule has 2 rings (SSSR count). The van der Waals surface area contributed by atoms with Crippen molar-refractivity contribution in [2.75, 3.05) is 18.4 Å². The average Bonchev–Trinajstić information content (AvgIpc) is 2.68. The monoisotopic (exact) mass is 330 g/mol. The number of carbonyl (C=O) groups excluding carboxylic acids is 1. The number of nitrogens with zero attached hydrogens (tertiary/aromatic N) is 1. The molecule has 0 aromatic rings. The van der Waals surface area contributed by atoms with Crippen LogP contribution in [0.5, 0.6) is 0 Å². The summed E-state index contributed by atoms with van der Waals surface area (Å²) in [4.78, 5) is 14.4. The van der Waals surface area contributed by atoms with Crippen LogP contribution in [0.1, 0.15) is 46.5 Å². The number of rotatable bonds is 3. The quantitative estimate of drug-likeness (QED) is 0.809. The SMILES string of the molecule is CC1(C)CC(N2CC(CBr)CC2=O)CC(C)(CN)C1. The van der Waals surface area contributed by atoms with Gasteiger partial charge in [0.15, 0.2) is 0 Å². The van der Waals surface area contributed by atoms with E-state index < -0.39 is 0 Å². The summed E-state index contributed by atoms with van der Waals surface area (Å²) in [6, 6.07) is 0.383. The zero-order valence-corrected chi connectivity index (χ0v) is 14.0. The van der Waals surface area contributed by atoms with E-state index in [9.17, 15) is 4.79 Å². The first-order valence-electron chi connectivity index (χ1n) is 7.34. The number of alkyl halides is 1. The zero-order valence-electron chi connectivity index (χ0n) is 12.4. The van der Waals surface area contributed by atoms with Crippen LogP contribution < -0.4 is 5.73 Å². The normalized spacial score (nSPS) is 38.8. The maximum Gasteiger partial charge on any atom is 0.223 e. The van der Waals surface area contributed by atoms with Gasteiger partial charge in [-0.3, -0.25) is 4.79 Å². The standard InChI is InChI=1S/C15H27BrN2O/c1-14(2)5-12(6-15(3,9-14)10-17)18-8-11(7-16)4-13(18)19/h11-12H,4-10,17H2,1-3H3. The van der Waals surface area contributed by atoms with E-state index in [0.29, 0.717) is 24.3 Å². The molecule has 1 amide bonds. The predicted octanol–water partition coefficient (Wildman–Crippen LogP) is 2.77. The number of likely N-dealkylation sites (tertiary alicyclic amines) is 1. The van der Waals surface area contributed by atoms with Crippen molar-refractivity contribution in [1.29, 1.82) is 0 Å². The fourth-order valence-corrected chi connectivity index (χ4v) is 4.65. The number of hydrogen-bond acceptors (Lipinski definition) is 2. The molecule has 0 aromatic carbocycles. The molecule has 0 radical (unpaired) electrons. The van der Waals surface area contributed by atoms with Crippen LogP contribution in [0, 0.1) is 16.7 Å². The largest absolute Gasteiger partial charge is 0.339 e. The third kappa shape index (κ3) is 3.33. The van der Waals surface area contributed by atoms with Gasteiger partial charge in [-0.15, -0.1) is 0 Å². The fourth-order valence-electron chi connectivity index (χ4n) is 4.22. The second-order valence-electron chi connectivity index (χ2n) is 7.69. The Morgan fingerprint density at radius 3 is 2.58 bits per heavy atom. The van der Waals surface area contributed by atoms with Crippen LogP contribution in [0.25, 0.3) is 0 Å². The van der Waals surface area contributed by atoms with E-state index >= 15 is 0 Å². The summed E-state index contributed by atoms with van der Waals surface area (Å²) < 4.78 is 0. The lowest BCUT2D eigenvalue weighted by molar-refractivity contribution is -0.132. The summed E-state index contributed by atoms with van der Waals surface area (Å²) in [5.74, 6) is 0.827. The van der Waals surface area contributed by atoms with Crippen molar-refractivity contribution in [2.45, 2.75) is 52.5 Å². The van der Waals surface area contributed by atoms with Crippen molar-refractivity contribution in [1.82, 2.24) is 4.90 Å².